The lowest BCUT2D eigenvalue weighted by Crippen LogP contribution is -2.33. The van der Waals surface area contributed by atoms with Crippen LogP contribution in [0.15, 0.2) is 18.2 Å². The van der Waals surface area contributed by atoms with Gasteiger partial charge in [0, 0.05) is 24.6 Å². The van der Waals surface area contributed by atoms with Crippen LogP contribution in [0.5, 0.6) is 0 Å². The van der Waals surface area contributed by atoms with Crippen molar-refractivity contribution in [3.63, 3.8) is 0 Å². The Morgan fingerprint density at radius 2 is 2.00 bits per heavy atom. The molecule has 1 amide bonds. The van der Waals surface area contributed by atoms with Gasteiger partial charge in [0.1, 0.15) is 16.8 Å². The number of hydrogen-bond donors (Lipinski definition) is 0. The van der Waals surface area contributed by atoms with Crippen LogP contribution in [0, 0.1) is 0 Å². The molecule has 0 radical (unpaired) electrons. The number of aromatic nitrogens is 1. The highest BCUT2D eigenvalue weighted by Gasteiger charge is 2.20. The standard InChI is InChI=1S/C20H29ClN2O3S2/c1-4-6-14-23(18-9-7-8-17(21)22-18)19(25)13-12-16(11-10-15(3)24)28-20(27)26-5-2/h7-9,16H,4-6,10-14H2,1-3H3. The Hall–Kier alpha value is -1.18. The van der Waals surface area contributed by atoms with Crippen LogP contribution >= 0.6 is 35.6 Å². The molecule has 5 nitrogen and oxygen atoms in total. The molecule has 8 heteroatoms. The second kappa shape index (κ2) is 13.9. The number of halogens is 1. The summed E-state index contributed by atoms with van der Waals surface area (Å²) in [6, 6.07) is 5.28. The van der Waals surface area contributed by atoms with Crippen molar-refractivity contribution in [2.24, 2.45) is 0 Å². The average Bonchev–Trinajstić information content (AvgIpc) is 2.64. The SMILES string of the molecule is CCCCN(C(=O)CCC(CCC(C)=O)SC(=S)OCC)c1cccc(Cl)n1. The van der Waals surface area contributed by atoms with Crippen molar-refractivity contribution in [3.8, 4) is 0 Å². The molecule has 1 rings (SSSR count). The van der Waals surface area contributed by atoms with Gasteiger partial charge in [0.25, 0.3) is 0 Å². The van der Waals surface area contributed by atoms with Gasteiger partial charge in [-0.2, -0.15) is 0 Å². The molecule has 1 aromatic heterocycles. The number of ketones is 1. The predicted octanol–water partition coefficient (Wildman–Crippen LogP) is 5.44. The summed E-state index contributed by atoms with van der Waals surface area (Å²) in [7, 11) is 0. The molecule has 1 unspecified atom stereocenters. The van der Waals surface area contributed by atoms with Crippen molar-refractivity contribution in [1.82, 2.24) is 4.98 Å². The van der Waals surface area contributed by atoms with E-state index in [0.717, 1.165) is 12.8 Å². The van der Waals surface area contributed by atoms with Crippen LogP contribution in [-0.4, -0.2) is 39.5 Å². The first-order chi connectivity index (χ1) is 13.4. The Kier molecular flexibility index (Phi) is 12.3. The van der Waals surface area contributed by atoms with Crippen LogP contribution in [0.4, 0.5) is 5.82 Å². The van der Waals surface area contributed by atoms with Gasteiger partial charge in [-0.3, -0.25) is 9.69 Å². The van der Waals surface area contributed by atoms with Crippen molar-refractivity contribution < 1.29 is 14.3 Å². The summed E-state index contributed by atoms with van der Waals surface area (Å²) in [5.41, 5.74) is 0. The van der Waals surface area contributed by atoms with Gasteiger partial charge in [-0.1, -0.05) is 42.8 Å². The number of Topliss-reactive ketones (excluding diaryl/α,β-unsaturated/α-hetero) is 1. The van der Waals surface area contributed by atoms with Gasteiger partial charge < -0.3 is 9.53 Å². The summed E-state index contributed by atoms with van der Waals surface area (Å²) in [6.45, 7) is 6.65. The molecule has 28 heavy (non-hydrogen) atoms. The third-order valence-corrected chi connectivity index (χ3v) is 5.77. The van der Waals surface area contributed by atoms with Gasteiger partial charge in [0.2, 0.25) is 10.3 Å². The number of carbonyl (C=O) groups excluding carboxylic acids is 2. The van der Waals surface area contributed by atoms with Gasteiger partial charge in [-0.25, -0.2) is 4.98 Å². The van der Waals surface area contributed by atoms with Crippen LogP contribution in [0.25, 0.3) is 0 Å². The fourth-order valence-corrected chi connectivity index (χ4v) is 4.18. The number of unbranched alkanes of at least 4 members (excludes halogenated alkanes) is 1. The fraction of sp³-hybridized carbons (Fsp3) is 0.600. The van der Waals surface area contributed by atoms with E-state index in [1.807, 2.05) is 6.92 Å². The second-order valence-corrected chi connectivity index (χ2v) is 8.71. The number of amides is 1. The number of pyridine rings is 1. The molecule has 0 aliphatic carbocycles. The lowest BCUT2D eigenvalue weighted by molar-refractivity contribution is -0.118. The first-order valence-corrected chi connectivity index (χ1v) is 11.3. The third-order valence-electron chi connectivity index (χ3n) is 4.04. The summed E-state index contributed by atoms with van der Waals surface area (Å²) in [6.07, 6.45) is 3.97. The smallest absolute Gasteiger partial charge is 0.228 e. The van der Waals surface area contributed by atoms with Crippen LogP contribution in [-0.2, 0) is 14.3 Å². The maximum atomic E-state index is 12.9. The maximum Gasteiger partial charge on any atom is 0.228 e. The number of rotatable bonds is 12. The van der Waals surface area contributed by atoms with E-state index in [1.54, 1.807) is 30.0 Å². The van der Waals surface area contributed by atoms with Crippen LogP contribution in [0.3, 0.4) is 0 Å². The number of nitrogens with zero attached hydrogens (tertiary/aromatic N) is 2. The van der Waals surface area contributed by atoms with E-state index in [4.69, 9.17) is 28.6 Å². The van der Waals surface area contributed by atoms with Crippen LogP contribution < -0.4 is 4.90 Å². The molecule has 1 heterocycles. The Bertz CT molecular complexity index is 658. The molecule has 0 aromatic carbocycles. The zero-order valence-electron chi connectivity index (χ0n) is 16.8. The largest absolute Gasteiger partial charge is 0.479 e. The summed E-state index contributed by atoms with van der Waals surface area (Å²) >= 11 is 12.7. The van der Waals surface area contributed by atoms with E-state index in [0.29, 0.717) is 54.2 Å². The topological polar surface area (TPSA) is 59.5 Å². The molecule has 0 saturated carbocycles. The van der Waals surface area contributed by atoms with Gasteiger partial charge in [0.15, 0.2) is 0 Å². The molecule has 0 aliphatic heterocycles. The van der Waals surface area contributed by atoms with Crippen molar-refractivity contribution in [1.29, 1.82) is 0 Å². The first-order valence-electron chi connectivity index (χ1n) is 9.63. The Morgan fingerprint density at radius 3 is 2.61 bits per heavy atom. The van der Waals surface area contributed by atoms with Crippen LogP contribution in [0.2, 0.25) is 5.15 Å². The molecule has 0 bridgehead atoms. The van der Waals surface area contributed by atoms with E-state index in [2.05, 4.69) is 11.9 Å². The second-order valence-electron chi connectivity index (χ2n) is 6.42. The fourth-order valence-electron chi connectivity index (χ4n) is 2.56. The maximum absolute atomic E-state index is 12.9. The molecule has 0 spiro atoms. The quantitative estimate of drug-likeness (QED) is 0.316. The molecular weight excluding hydrogens is 416 g/mol. The van der Waals surface area contributed by atoms with E-state index < -0.39 is 0 Å². The molecule has 1 atom stereocenters. The van der Waals surface area contributed by atoms with Gasteiger partial charge in [-0.05, 0) is 57.5 Å². The van der Waals surface area contributed by atoms with E-state index >= 15 is 0 Å². The molecule has 1 aromatic rings. The highest BCUT2D eigenvalue weighted by molar-refractivity contribution is 8.23. The van der Waals surface area contributed by atoms with Gasteiger partial charge in [-0.15, -0.1) is 0 Å². The number of hydrogen-bond acceptors (Lipinski definition) is 6. The van der Waals surface area contributed by atoms with E-state index in [9.17, 15) is 9.59 Å². The Labute approximate surface area is 182 Å². The predicted molar refractivity (Wildman–Crippen MR) is 121 cm³/mol. The van der Waals surface area contributed by atoms with Gasteiger partial charge >= 0.3 is 0 Å². The third kappa shape index (κ3) is 9.85. The molecule has 0 saturated heterocycles. The van der Waals surface area contributed by atoms with Crippen molar-refractivity contribution in [2.45, 2.75) is 64.5 Å². The van der Waals surface area contributed by atoms with Crippen molar-refractivity contribution >= 4 is 57.5 Å². The lowest BCUT2D eigenvalue weighted by Gasteiger charge is -2.23. The minimum atomic E-state index is -0.000954. The molecule has 0 N–H and O–H groups in total. The summed E-state index contributed by atoms with van der Waals surface area (Å²) in [5.74, 6) is 0.703. The molecule has 0 aliphatic rings. The minimum Gasteiger partial charge on any atom is -0.479 e. The zero-order chi connectivity index (χ0) is 20.9. The molecule has 156 valence electrons. The summed E-state index contributed by atoms with van der Waals surface area (Å²) in [5, 5.41) is 0.427. The van der Waals surface area contributed by atoms with Crippen molar-refractivity contribution in [2.75, 3.05) is 18.1 Å². The molecule has 0 fully saturated rings. The number of ether oxygens (including phenoxy) is 1. The highest BCUT2D eigenvalue weighted by Crippen LogP contribution is 2.25. The minimum absolute atomic E-state index is 0.000954. The van der Waals surface area contributed by atoms with E-state index in [1.165, 1.54) is 11.8 Å². The van der Waals surface area contributed by atoms with Crippen LogP contribution in [0.1, 0.15) is 59.3 Å². The van der Waals surface area contributed by atoms with Crippen molar-refractivity contribution in [3.05, 3.63) is 23.4 Å². The lowest BCUT2D eigenvalue weighted by atomic mass is 10.1. The summed E-state index contributed by atoms with van der Waals surface area (Å²) in [4.78, 5) is 30.3. The Balaban J connectivity index is 2.78. The Morgan fingerprint density at radius 1 is 1.29 bits per heavy atom. The summed E-state index contributed by atoms with van der Waals surface area (Å²) < 4.78 is 5.82. The first kappa shape index (κ1) is 24.9. The number of carbonyl (C=O) groups is 2. The normalized spacial score (nSPS) is 11.7. The van der Waals surface area contributed by atoms with E-state index in [-0.39, 0.29) is 16.9 Å². The zero-order valence-corrected chi connectivity index (χ0v) is 19.2. The number of thiocarbonyl (C=S) groups is 1. The van der Waals surface area contributed by atoms with Gasteiger partial charge in [0.05, 0.1) is 6.61 Å². The molecular formula is C20H29ClN2O3S2. The highest BCUT2D eigenvalue weighted by atomic mass is 35.5. The average molecular weight is 445 g/mol. The number of anilines is 1. The monoisotopic (exact) mass is 444 g/mol. The number of thioether (sulfide) groups is 1.